The molecule has 0 bridgehead atoms. The molecule has 0 fully saturated rings. The number of nitrogens with zero attached hydrogens (tertiary/aromatic N) is 1. The van der Waals surface area contributed by atoms with E-state index >= 15 is 0 Å². The number of hydrogen-bond donors (Lipinski definition) is 0. The summed E-state index contributed by atoms with van der Waals surface area (Å²) >= 11 is 0. The van der Waals surface area contributed by atoms with E-state index in [1.54, 1.807) is 31.5 Å². The van der Waals surface area contributed by atoms with E-state index in [9.17, 15) is 14.4 Å². The van der Waals surface area contributed by atoms with Gasteiger partial charge in [0.2, 0.25) is 11.2 Å². The molecule has 1 rings (SSSR count). The van der Waals surface area contributed by atoms with Crippen LogP contribution in [0.4, 0.5) is 0 Å². The van der Waals surface area contributed by atoms with E-state index in [0.29, 0.717) is 12.8 Å². The summed E-state index contributed by atoms with van der Waals surface area (Å²) in [6.07, 6.45) is 17.4. The van der Waals surface area contributed by atoms with Gasteiger partial charge < -0.3 is 9.30 Å². The number of pyridine rings is 1. The molecule has 0 radical (unpaired) electrons. The van der Waals surface area contributed by atoms with Gasteiger partial charge in [-0.1, -0.05) is 77.6 Å². The molecule has 30 heavy (non-hydrogen) atoms. The molecule has 1 aromatic heterocycles. The van der Waals surface area contributed by atoms with Gasteiger partial charge in [-0.2, -0.15) is 0 Å². The first-order chi connectivity index (χ1) is 14.3. The fraction of sp³-hybridized carbons (Fsp3) is 0.720. The van der Waals surface area contributed by atoms with Gasteiger partial charge in [-0.25, -0.2) is 0 Å². The van der Waals surface area contributed by atoms with E-state index < -0.39 is 16.8 Å². The summed E-state index contributed by atoms with van der Waals surface area (Å²) in [5.74, 6) is -0.683. The normalized spacial score (nSPS) is 11.5. The maximum absolute atomic E-state index is 12.2. The Bertz CT molecular complexity index is 700. The van der Waals surface area contributed by atoms with Crippen LogP contribution in [0.3, 0.4) is 0 Å². The Hall–Kier alpha value is -1.91. The number of carbonyl (C=O) groups is 2. The predicted octanol–water partition coefficient (Wildman–Crippen LogP) is 6.31. The van der Waals surface area contributed by atoms with Crippen molar-refractivity contribution in [1.82, 2.24) is 4.57 Å². The highest BCUT2D eigenvalue weighted by Gasteiger charge is 2.26. The number of aromatic nitrogens is 1. The van der Waals surface area contributed by atoms with Gasteiger partial charge in [0.25, 0.3) is 0 Å². The molecule has 0 amide bonds. The van der Waals surface area contributed by atoms with Gasteiger partial charge in [-0.05, 0) is 27.2 Å². The summed E-state index contributed by atoms with van der Waals surface area (Å²) in [6.45, 7) is 8.02. The van der Waals surface area contributed by atoms with Crippen LogP contribution >= 0.6 is 0 Å². The molecule has 0 saturated heterocycles. The van der Waals surface area contributed by atoms with Gasteiger partial charge in [0.05, 0.1) is 5.41 Å². The molecule has 0 aliphatic heterocycles. The Morgan fingerprint density at radius 2 is 1.43 bits per heavy atom. The molecular weight excluding hydrogens is 378 g/mol. The van der Waals surface area contributed by atoms with Gasteiger partial charge in [0, 0.05) is 18.8 Å². The summed E-state index contributed by atoms with van der Waals surface area (Å²) in [5.41, 5.74) is -1.05. The van der Waals surface area contributed by atoms with Crippen LogP contribution in [0.15, 0.2) is 17.1 Å². The molecule has 0 atom stereocenters. The van der Waals surface area contributed by atoms with Crippen LogP contribution in [0.1, 0.15) is 115 Å². The van der Waals surface area contributed by atoms with E-state index in [4.69, 9.17) is 4.74 Å². The van der Waals surface area contributed by atoms with Gasteiger partial charge >= 0.3 is 5.97 Å². The van der Waals surface area contributed by atoms with Crippen LogP contribution in [0, 0.1) is 5.41 Å². The van der Waals surface area contributed by atoms with Crippen molar-refractivity contribution in [3.05, 3.63) is 28.2 Å². The lowest BCUT2D eigenvalue weighted by molar-refractivity contribution is -0.143. The van der Waals surface area contributed by atoms with Crippen molar-refractivity contribution in [3.8, 4) is 5.75 Å². The highest BCUT2D eigenvalue weighted by Crippen LogP contribution is 2.20. The van der Waals surface area contributed by atoms with Gasteiger partial charge in [-0.3, -0.25) is 14.4 Å². The Morgan fingerprint density at radius 1 is 0.933 bits per heavy atom. The number of unbranched alkanes of at least 4 members (excludes halogenated alkanes) is 11. The quantitative estimate of drug-likeness (QED) is 0.190. The van der Waals surface area contributed by atoms with Crippen molar-refractivity contribution in [2.75, 3.05) is 0 Å². The molecule has 0 spiro atoms. The minimum atomic E-state index is -0.747. The zero-order valence-electron chi connectivity index (χ0n) is 19.5. The van der Waals surface area contributed by atoms with Crippen LogP contribution in [0.2, 0.25) is 0 Å². The molecule has 0 aliphatic carbocycles. The molecule has 1 aromatic rings. The zero-order chi connectivity index (χ0) is 22.4. The monoisotopic (exact) mass is 419 g/mol. The maximum atomic E-state index is 12.2. The van der Waals surface area contributed by atoms with Gasteiger partial charge in [0.15, 0.2) is 6.29 Å². The summed E-state index contributed by atoms with van der Waals surface area (Å²) in [4.78, 5) is 35.9. The third-order valence-electron chi connectivity index (χ3n) is 5.34. The minimum Gasteiger partial charge on any atom is -0.420 e. The Balaban J connectivity index is 2.39. The second-order valence-corrected chi connectivity index (χ2v) is 9.23. The topological polar surface area (TPSA) is 65.4 Å². The van der Waals surface area contributed by atoms with Crippen molar-refractivity contribution in [2.24, 2.45) is 5.41 Å². The Kier molecular flexibility index (Phi) is 12.3. The van der Waals surface area contributed by atoms with E-state index in [1.165, 1.54) is 70.3 Å². The molecule has 0 saturated carbocycles. The second-order valence-electron chi connectivity index (χ2n) is 9.23. The lowest BCUT2D eigenvalue weighted by Crippen LogP contribution is -2.29. The molecule has 5 nitrogen and oxygen atoms in total. The van der Waals surface area contributed by atoms with Crippen molar-refractivity contribution in [3.63, 3.8) is 0 Å². The molecule has 0 aromatic carbocycles. The van der Waals surface area contributed by atoms with E-state index in [-0.39, 0.29) is 11.4 Å². The highest BCUT2D eigenvalue weighted by molar-refractivity contribution is 5.82. The number of aldehydes is 1. The predicted molar refractivity (Wildman–Crippen MR) is 122 cm³/mol. The molecule has 0 aliphatic rings. The smallest absolute Gasteiger partial charge is 0.316 e. The molecule has 0 unspecified atom stereocenters. The number of ether oxygens (including phenoxy) is 1. The maximum Gasteiger partial charge on any atom is 0.316 e. The summed E-state index contributed by atoms with van der Waals surface area (Å²) in [7, 11) is 0. The standard InChI is InChI=1S/C25H41NO4/c1-5-6-7-8-9-10-11-12-13-14-15-16-18-26-19-17-22(28)23(21(26)20-27)30-24(29)25(2,3)4/h17,19-20H,5-16,18H2,1-4H3. The molecule has 5 heteroatoms. The lowest BCUT2D eigenvalue weighted by atomic mass is 9.97. The van der Waals surface area contributed by atoms with Crippen molar-refractivity contribution in [1.29, 1.82) is 0 Å². The first-order valence-electron chi connectivity index (χ1n) is 11.7. The second kappa shape index (κ2) is 14.2. The Labute approximate surface area is 182 Å². The van der Waals surface area contributed by atoms with Crippen molar-refractivity contribution >= 4 is 12.3 Å². The first kappa shape index (κ1) is 26.1. The minimum absolute atomic E-state index is 0.142. The van der Waals surface area contributed by atoms with E-state index in [0.717, 1.165) is 12.8 Å². The highest BCUT2D eigenvalue weighted by atomic mass is 16.5. The van der Waals surface area contributed by atoms with E-state index in [1.807, 2.05) is 0 Å². The fourth-order valence-electron chi connectivity index (χ4n) is 3.36. The van der Waals surface area contributed by atoms with Crippen LogP contribution in [0.25, 0.3) is 0 Å². The molecule has 1 heterocycles. The zero-order valence-corrected chi connectivity index (χ0v) is 19.5. The van der Waals surface area contributed by atoms with Crippen LogP contribution in [0.5, 0.6) is 5.75 Å². The average molecular weight is 420 g/mol. The fourth-order valence-corrected chi connectivity index (χ4v) is 3.36. The van der Waals surface area contributed by atoms with Crippen LogP contribution in [-0.2, 0) is 11.3 Å². The number of hydrogen-bond acceptors (Lipinski definition) is 4. The summed E-state index contributed by atoms with van der Waals surface area (Å²) < 4.78 is 7.00. The van der Waals surface area contributed by atoms with Crippen LogP contribution < -0.4 is 10.2 Å². The molecule has 0 N–H and O–H groups in total. The SMILES string of the molecule is CCCCCCCCCCCCCCn1ccc(=O)c(OC(=O)C(C)(C)C)c1C=O. The Morgan fingerprint density at radius 3 is 1.90 bits per heavy atom. The number of aryl methyl sites for hydroxylation is 1. The lowest BCUT2D eigenvalue weighted by Gasteiger charge is -2.18. The summed E-state index contributed by atoms with van der Waals surface area (Å²) in [6, 6.07) is 1.36. The van der Waals surface area contributed by atoms with Gasteiger partial charge in [0.1, 0.15) is 5.69 Å². The number of esters is 1. The first-order valence-corrected chi connectivity index (χ1v) is 11.7. The van der Waals surface area contributed by atoms with Crippen molar-refractivity contribution in [2.45, 2.75) is 111 Å². The van der Waals surface area contributed by atoms with Crippen molar-refractivity contribution < 1.29 is 14.3 Å². The molecule has 170 valence electrons. The average Bonchev–Trinajstić information content (AvgIpc) is 2.70. The third-order valence-corrected chi connectivity index (χ3v) is 5.34. The number of carbonyl (C=O) groups excluding carboxylic acids is 2. The van der Waals surface area contributed by atoms with Crippen LogP contribution in [-0.4, -0.2) is 16.8 Å². The van der Waals surface area contributed by atoms with Gasteiger partial charge in [-0.15, -0.1) is 0 Å². The van der Waals surface area contributed by atoms with E-state index in [2.05, 4.69) is 6.92 Å². The number of rotatable bonds is 15. The third kappa shape index (κ3) is 9.73. The summed E-state index contributed by atoms with van der Waals surface area (Å²) in [5, 5.41) is 0. The molecular formula is C25H41NO4. The largest absolute Gasteiger partial charge is 0.420 e.